The Morgan fingerprint density at radius 2 is 2.23 bits per heavy atom. The van der Waals surface area contributed by atoms with Crippen LogP contribution in [0, 0.1) is 0 Å². The standard InChI is InChI=1S/C23H27N9O3/c1-4-15(27-22(25-2)28-20-8-11-32(29-20)13-10-24)16-6-5-7-17(26-16)18-14-19(35-30-18)23(34)9-12-31(3)21(23)33/h4-8,11,14,34H,2,9-10,12-13,24H2,1,3H3,(H,27,28,29)/b15-4-. The summed E-state index contributed by atoms with van der Waals surface area (Å²) in [5.74, 6) is 0.479. The molecule has 1 atom stereocenters. The predicted octanol–water partition coefficient (Wildman–Crippen LogP) is 1.47. The van der Waals surface area contributed by atoms with Gasteiger partial charge in [0, 0.05) is 44.9 Å². The largest absolute Gasteiger partial charge is 0.373 e. The Labute approximate surface area is 201 Å². The third kappa shape index (κ3) is 4.88. The van der Waals surface area contributed by atoms with Gasteiger partial charge in [-0.3, -0.25) is 9.48 Å². The van der Waals surface area contributed by atoms with Crippen molar-refractivity contribution in [1.29, 1.82) is 0 Å². The number of carbonyl (C=O) groups excluding carboxylic acids is 1. The van der Waals surface area contributed by atoms with Gasteiger partial charge in [0.25, 0.3) is 5.91 Å². The van der Waals surface area contributed by atoms with Crippen LogP contribution in [0.5, 0.6) is 0 Å². The number of nitrogens with one attached hydrogen (secondary N) is 1. The SMILES string of the molecule is C=N/C(=N\C(=C/C)c1cccc(-c2cc(C3(O)CCN(C)C3=O)on2)n1)Nc1ccn(CCN)n1. The van der Waals surface area contributed by atoms with Crippen LogP contribution in [0.3, 0.4) is 0 Å². The number of nitrogens with two attached hydrogens (primary N) is 1. The molecule has 1 fully saturated rings. The minimum atomic E-state index is -1.72. The number of allylic oxidation sites excluding steroid dienone is 1. The van der Waals surface area contributed by atoms with Gasteiger partial charge in [-0.2, -0.15) is 5.10 Å². The molecular formula is C23H27N9O3. The third-order valence-corrected chi connectivity index (χ3v) is 5.59. The zero-order chi connectivity index (χ0) is 25.0. The van der Waals surface area contributed by atoms with Gasteiger partial charge in [0.2, 0.25) is 11.6 Å². The smallest absolute Gasteiger partial charge is 0.262 e. The van der Waals surface area contributed by atoms with Gasteiger partial charge in [0.05, 0.1) is 23.6 Å². The number of aromatic nitrogens is 4. The maximum Gasteiger partial charge on any atom is 0.262 e. The molecule has 1 unspecified atom stereocenters. The molecule has 1 aliphatic rings. The highest BCUT2D eigenvalue weighted by Crippen LogP contribution is 2.34. The van der Waals surface area contributed by atoms with Gasteiger partial charge in [0.15, 0.2) is 11.6 Å². The summed E-state index contributed by atoms with van der Waals surface area (Å²) in [5.41, 5.74) is 5.83. The summed E-state index contributed by atoms with van der Waals surface area (Å²) >= 11 is 0. The molecule has 182 valence electrons. The van der Waals surface area contributed by atoms with Crippen molar-refractivity contribution in [2.45, 2.75) is 25.5 Å². The molecule has 0 aliphatic carbocycles. The van der Waals surface area contributed by atoms with E-state index in [1.54, 1.807) is 48.3 Å². The lowest BCUT2D eigenvalue weighted by molar-refractivity contribution is -0.144. The Bertz CT molecular complexity index is 1290. The van der Waals surface area contributed by atoms with Gasteiger partial charge in [-0.25, -0.2) is 15.0 Å². The van der Waals surface area contributed by atoms with E-state index in [-0.39, 0.29) is 18.1 Å². The molecule has 0 radical (unpaired) electrons. The van der Waals surface area contributed by atoms with E-state index in [2.05, 4.69) is 37.3 Å². The zero-order valence-corrected chi connectivity index (χ0v) is 19.5. The highest BCUT2D eigenvalue weighted by molar-refractivity contribution is 5.98. The number of likely N-dealkylation sites (tertiary alicyclic amines) is 1. The number of aliphatic imine (C=N–C) groups is 2. The van der Waals surface area contributed by atoms with E-state index in [4.69, 9.17) is 10.3 Å². The molecule has 4 N–H and O–H groups in total. The first-order valence-corrected chi connectivity index (χ1v) is 11.0. The molecule has 1 aliphatic heterocycles. The van der Waals surface area contributed by atoms with Gasteiger partial charge < -0.3 is 25.6 Å². The minimum Gasteiger partial charge on any atom is -0.373 e. The van der Waals surface area contributed by atoms with Gasteiger partial charge >= 0.3 is 0 Å². The Hall–Kier alpha value is -4.16. The number of carbonyl (C=O) groups is 1. The highest BCUT2D eigenvalue weighted by atomic mass is 16.5. The van der Waals surface area contributed by atoms with Crippen LogP contribution >= 0.6 is 0 Å². The van der Waals surface area contributed by atoms with Crippen LogP contribution in [0.4, 0.5) is 5.82 Å². The Kier molecular flexibility index (Phi) is 6.85. The number of hydrogen-bond acceptors (Lipinski definition) is 8. The fourth-order valence-electron chi connectivity index (χ4n) is 3.68. The predicted molar refractivity (Wildman–Crippen MR) is 131 cm³/mol. The van der Waals surface area contributed by atoms with Crippen molar-refractivity contribution in [1.82, 2.24) is 24.8 Å². The van der Waals surface area contributed by atoms with E-state index in [0.29, 0.717) is 48.2 Å². The number of anilines is 1. The summed E-state index contributed by atoms with van der Waals surface area (Å²) < 4.78 is 7.05. The molecule has 4 heterocycles. The second kappa shape index (κ2) is 9.99. The first kappa shape index (κ1) is 24.0. The van der Waals surface area contributed by atoms with E-state index < -0.39 is 11.5 Å². The zero-order valence-electron chi connectivity index (χ0n) is 19.5. The van der Waals surface area contributed by atoms with Gasteiger partial charge in [-0.1, -0.05) is 17.3 Å². The van der Waals surface area contributed by atoms with Crippen LogP contribution in [-0.4, -0.2) is 68.6 Å². The van der Waals surface area contributed by atoms with Crippen molar-refractivity contribution in [3.8, 4) is 11.4 Å². The van der Waals surface area contributed by atoms with Crippen molar-refractivity contribution in [3.63, 3.8) is 0 Å². The van der Waals surface area contributed by atoms with Crippen molar-refractivity contribution in [3.05, 3.63) is 54.1 Å². The molecule has 12 heteroatoms. The summed E-state index contributed by atoms with van der Waals surface area (Å²) in [5, 5.41) is 22.2. The van der Waals surface area contributed by atoms with Gasteiger partial charge in [-0.05, 0) is 25.8 Å². The average Bonchev–Trinajstić information content (AvgIpc) is 3.60. The molecular weight excluding hydrogens is 450 g/mol. The van der Waals surface area contributed by atoms with E-state index in [0.717, 1.165) is 0 Å². The molecule has 12 nitrogen and oxygen atoms in total. The molecule has 0 saturated carbocycles. The van der Waals surface area contributed by atoms with E-state index in [1.807, 2.05) is 6.92 Å². The number of guanidine groups is 1. The van der Waals surface area contributed by atoms with Crippen LogP contribution < -0.4 is 11.1 Å². The molecule has 0 bridgehead atoms. The molecule has 1 saturated heterocycles. The maximum atomic E-state index is 12.4. The highest BCUT2D eigenvalue weighted by Gasteiger charge is 2.48. The number of nitrogens with zero attached hydrogens (tertiary/aromatic N) is 7. The minimum absolute atomic E-state index is 0.0924. The average molecular weight is 478 g/mol. The lowest BCUT2D eigenvalue weighted by Gasteiger charge is -2.16. The fraction of sp³-hybridized carbons (Fsp3) is 0.304. The van der Waals surface area contributed by atoms with E-state index >= 15 is 0 Å². The van der Waals surface area contributed by atoms with Crippen LogP contribution in [0.25, 0.3) is 17.1 Å². The summed E-state index contributed by atoms with van der Waals surface area (Å²) in [7, 11) is 1.63. The van der Waals surface area contributed by atoms with E-state index in [9.17, 15) is 9.90 Å². The number of aliphatic hydroxyl groups is 1. The summed E-state index contributed by atoms with van der Waals surface area (Å²) in [6.45, 7) is 6.92. The number of likely N-dealkylation sites (N-methyl/N-ethyl adjacent to an activating group) is 1. The normalized spacial score (nSPS) is 18.9. The Balaban J connectivity index is 1.57. The van der Waals surface area contributed by atoms with Crippen molar-refractivity contribution < 1.29 is 14.4 Å². The van der Waals surface area contributed by atoms with Crippen molar-refractivity contribution in [2.75, 3.05) is 25.5 Å². The topological polar surface area (TPSA) is 160 Å². The number of pyridine rings is 1. The second-order valence-electron chi connectivity index (χ2n) is 7.97. The first-order valence-electron chi connectivity index (χ1n) is 11.0. The number of rotatable bonds is 7. The van der Waals surface area contributed by atoms with Gasteiger partial charge in [-0.15, -0.1) is 0 Å². The van der Waals surface area contributed by atoms with Crippen LogP contribution in [0.15, 0.2) is 57.1 Å². The second-order valence-corrected chi connectivity index (χ2v) is 7.97. The fourth-order valence-corrected chi connectivity index (χ4v) is 3.68. The lowest BCUT2D eigenvalue weighted by Crippen LogP contribution is -2.35. The van der Waals surface area contributed by atoms with Gasteiger partial charge in [0.1, 0.15) is 5.69 Å². The maximum absolute atomic E-state index is 12.4. The first-order chi connectivity index (χ1) is 16.9. The molecule has 0 aromatic carbocycles. The molecule has 3 aromatic heterocycles. The molecule has 1 amide bonds. The number of amides is 1. The molecule has 4 rings (SSSR count). The molecule has 0 spiro atoms. The van der Waals surface area contributed by atoms with Crippen LogP contribution in [0.2, 0.25) is 0 Å². The summed E-state index contributed by atoms with van der Waals surface area (Å²) in [6.07, 6.45) is 3.82. The van der Waals surface area contributed by atoms with Crippen LogP contribution in [-0.2, 0) is 16.9 Å². The number of hydrogen-bond donors (Lipinski definition) is 3. The Morgan fingerprint density at radius 3 is 2.91 bits per heavy atom. The van der Waals surface area contributed by atoms with Crippen molar-refractivity contribution in [2.24, 2.45) is 15.7 Å². The molecule has 35 heavy (non-hydrogen) atoms. The summed E-state index contributed by atoms with van der Waals surface area (Å²) in [4.78, 5) is 27.0. The van der Waals surface area contributed by atoms with Crippen molar-refractivity contribution >= 4 is 30.1 Å². The monoisotopic (exact) mass is 477 g/mol. The summed E-state index contributed by atoms with van der Waals surface area (Å²) in [6, 6.07) is 8.68. The quantitative estimate of drug-likeness (QED) is 0.341. The van der Waals surface area contributed by atoms with Crippen LogP contribution in [0.1, 0.15) is 24.8 Å². The van der Waals surface area contributed by atoms with E-state index in [1.165, 1.54) is 11.0 Å². The lowest BCUT2D eigenvalue weighted by atomic mass is 9.98. The molecule has 3 aromatic rings. The third-order valence-electron chi connectivity index (χ3n) is 5.59. The Morgan fingerprint density at radius 1 is 1.40 bits per heavy atom.